The zero-order valence-electron chi connectivity index (χ0n) is 9.51. The number of rotatable bonds is 4. The maximum absolute atomic E-state index is 11.4. The minimum Gasteiger partial charge on any atom is -0.356 e. The Morgan fingerprint density at radius 2 is 2.07 bits per heavy atom. The summed E-state index contributed by atoms with van der Waals surface area (Å²) in [6, 6.07) is 0.352. The number of hydrogen-bond donors (Lipinski definition) is 2. The van der Waals surface area contributed by atoms with Gasteiger partial charge in [-0.1, -0.05) is 6.92 Å². The second kappa shape index (κ2) is 5.73. The summed E-state index contributed by atoms with van der Waals surface area (Å²) in [6.45, 7) is 4.10. The normalized spacial score (nSPS) is 24.9. The SMILES string of the molecule is CC(=O)NCCC(=O)NC1CCC(C)C1. The van der Waals surface area contributed by atoms with E-state index in [0.29, 0.717) is 19.0 Å². The Morgan fingerprint density at radius 3 is 2.60 bits per heavy atom. The molecular formula is C11H20N2O2. The van der Waals surface area contributed by atoms with E-state index in [1.165, 1.54) is 13.3 Å². The van der Waals surface area contributed by atoms with Crippen molar-refractivity contribution in [1.82, 2.24) is 10.6 Å². The molecule has 0 radical (unpaired) electrons. The van der Waals surface area contributed by atoms with E-state index in [1.54, 1.807) is 0 Å². The lowest BCUT2D eigenvalue weighted by molar-refractivity contribution is -0.122. The average molecular weight is 212 g/mol. The maximum atomic E-state index is 11.4. The predicted octanol–water partition coefficient (Wildman–Crippen LogP) is 0.817. The molecule has 0 heterocycles. The Balaban J connectivity index is 2.10. The van der Waals surface area contributed by atoms with Crippen molar-refractivity contribution in [2.24, 2.45) is 5.92 Å². The van der Waals surface area contributed by atoms with Gasteiger partial charge in [-0.05, 0) is 25.2 Å². The van der Waals surface area contributed by atoms with Gasteiger partial charge in [0.15, 0.2) is 0 Å². The van der Waals surface area contributed by atoms with Gasteiger partial charge in [0.25, 0.3) is 0 Å². The lowest BCUT2D eigenvalue weighted by atomic mass is 10.1. The summed E-state index contributed by atoms with van der Waals surface area (Å²) in [4.78, 5) is 22.0. The van der Waals surface area contributed by atoms with Gasteiger partial charge in [-0.25, -0.2) is 0 Å². The van der Waals surface area contributed by atoms with Crippen LogP contribution in [0.4, 0.5) is 0 Å². The highest BCUT2D eigenvalue weighted by Gasteiger charge is 2.22. The van der Waals surface area contributed by atoms with E-state index in [-0.39, 0.29) is 11.8 Å². The topological polar surface area (TPSA) is 58.2 Å². The lowest BCUT2D eigenvalue weighted by Gasteiger charge is -2.12. The van der Waals surface area contributed by atoms with Gasteiger partial charge in [0.2, 0.25) is 11.8 Å². The van der Waals surface area contributed by atoms with Gasteiger partial charge in [-0.3, -0.25) is 9.59 Å². The molecule has 0 saturated heterocycles. The van der Waals surface area contributed by atoms with Crippen molar-refractivity contribution in [3.63, 3.8) is 0 Å². The van der Waals surface area contributed by atoms with E-state index in [0.717, 1.165) is 18.8 Å². The Kier molecular flexibility index (Phi) is 4.59. The van der Waals surface area contributed by atoms with Gasteiger partial charge < -0.3 is 10.6 Å². The van der Waals surface area contributed by atoms with Crippen LogP contribution < -0.4 is 10.6 Å². The van der Waals surface area contributed by atoms with E-state index >= 15 is 0 Å². The molecule has 1 fully saturated rings. The van der Waals surface area contributed by atoms with Crippen molar-refractivity contribution in [1.29, 1.82) is 0 Å². The van der Waals surface area contributed by atoms with Gasteiger partial charge in [-0.2, -0.15) is 0 Å². The largest absolute Gasteiger partial charge is 0.356 e. The zero-order chi connectivity index (χ0) is 11.3. The molecule has 4 nitrogen and oxygen atoms in total. The van der Waals surface area contributed by atoms with E-state index in [1.807, 2.05) is 0 Å². The fourth-order valence-electron chi connectivity index (χ4n) is 1.99. The highest BCUT2D eigenvalue weighted by molar-refractivity contribution is 5.78. The predicted molar refractivity (Wildman–Crippen MR) is 58.2 cm³/mol. The first-order chi connectivity index (χ1) is 7.08. The van der Waals surface area contributed by atoms with Crippen molar-refractivity contribution < 1.29 is 9.59 Å². The van der Waals surface area contributed by atoms with Crippen molar-refractivity contribution in [3.8, 4) is 0 Å². The second-order valence-electron chi connectivity index (χ2n) is 4.42. The molecule has 1 aliphatic rings. The molecule has 1 aliphatic carbocycles. The molecule has 0 aromatic carbocycles. The molecular weight excluding hydrogens is 192 g/mol. The summed E-state index contributed by atoms with van der Waals surface area (Å²) in [5, 5.41) is 5.60. The number of nitrogens with one attached hydrogen (secondary N) is 2. The first kappa shape index (κ1) is 12.0. The van der Waals surface area contributed by atoms with E-state index in [2.05, 4.69) is 17.6 Å². The fraction of sp³-hybridized carbons (Fsp3) is 0.818. The number of carbonyl (C=O) groups excluding carboxylic acids is 2. The van der Waals surface area contributed by atoms with E-state index in [4.69, 9.17) is 0 Å². The smallest absolute Gasteiger partial charge is 0.221 e. The summed E-state index contributed by atoms with van der Waals surface area (Å²) >= 11 is 0. The first-order valence-corrected chi connectivity index (χ1v) is 5.61. The maximum Gasteiger partial charge on any atom is 0.221 e. The molecule has 0 aromatic heterocycles. The summed E-state index contributed by atoms with van der Waals surface area (Å²) in [5.74, 6) is 0.686. The molecule has 2 amide bonds. The lowest BCUT2D eigenvalue weighted by Crippen LogP contribution is -2.35. The molecule has 1 rings (SSSR count). The molecule has 4 heteroatoms. The molecule has 2 N–H and O–H groups in total. The van der Waals surface area contributed by atoms with Crippen LogP contribution in [0.25, 0.3) is 0 Å². The van der Waals surface area contributed by atoms with Crippen LogP contribution in [-0.2, 0) is 9.59 Å². The Hall–Kier alpha value is -1.06. The zero-order valence-corrected chi connectivity index (χ0v) is 9.51. The van der Waals surface area contributed by atoms with Gasteiger partial charge >= 0.3 is 0 Å². The standard InChI is InChI=1S/C11H20N2O2/c1-8-3-4-10(7-8)13-11(15)5-6-12-9(2)14/h8,10H,3-7H2,1-2H3,(H,12,14)(H,13,15). The van der Waals surface area contributed by atoms with Crippen LogP contribution in [0.2, 0.25) is 0 Å². The molecule has 0 aromatic rings. The first-order valence-electron chi connectivity index (χ1n) is 5.61. The van der Waals surface area contributed by atoms with Gasteiger partial charge in [0.1, 0.15) is 0 Å². The van der Waals surface area contributed by atoms with Crippen molar-refractivity contribution in [3.05, 3.63) is 0 Å². The number of amides is 2. The summed E-state index contributed by atoms with van der Waals surface area (Å²) < 4.78 is 0. The molecule has 86 valence electrons. The van der Waals surface area contributed by atoms with Crippen LogP contribution in [0.5, 0.6) is 0 Å². The monoisotopic (exact) mass is 212 g/mol. The molecule has 0 bridgehead atoms. The van der Waals surface area contributed by atoms with Gasteiger partial charge in [0.05, 0.1) is 0 Å². The van der Waals surface area contributed by atoms with Crippen molar-refractivity contribution in [2.75, 3.05) is 6.54 Å². The molecule has 15 heavy (non-hydrogen) atoms. The fourth-order valence-corrected chi connectivity index (χ4v) is 1.99. The molecule has 0 aliphatic heterocycles. The molecule has 2 atom stereocenters. The number of hydrogen-bond acceptors (Lipinski definition) is 2. The summed E-state index contributed by atoms with van der Waals surface area (Å²) in [7, 11) is 0. The van der Waals surface area contributed by atoms with Crippen LogP contribution in [-0.4, -0.2) is 24.4 Å². The van der Waals surface area contributed by atoms with Crippen molar-refractivity contribution in [2.45, 2.75) is 45.6 Å². The quantitative estimate of drug-likeness (QED) is 0.724. The second-order valence-corrected chi connectivity index (χ2v) is 4.42. The van der Waals surface area contributed by atoms with Gasteiger partial charge in [0, 0.05) is 25.9 Å². The Labute approximate surface area is 90.8 Å². The third-order valence-electron chi connectivity index (χ3n) is 2.79. The highest BCUT2D eigenvalue weighted by Crippen LogP contribution is 2.24. The molecule has 2 unspecified atom stereocenters. The minimum absolute atomic E-state index is 0.0443. The third-order valence-corrected chi connectivity index (χ3v) is 2.79. The van der Waals surface area contributed by atoms with Crippen molar-refractivity contribution >= 4 is 11.8 Å². The number of carbonyl (C=O) groups is 2. The van der Waals surface area contributed by atoms with Crippen LogP contribution in [0, 0.1) is 5.92 Å². The summed E-state index contributed by atoms with van der Waals surface area (Å²) in [5.41, 5.74) is 0. The Bertz CT molecular complexity index is 241. The minimum atomic E-state index is -0.0858. The molecule has 0 spiro atoms. The van der Waals surface area contributed by atoms with E-state index in [9.17, 15) is 9.59 Å². The van der Waals surface area contributed by atoms with E-state index < -0.39 is 0 Å². The van der Waals surface area contributed by atoms with Crippen LogP contribution >= 0.6 is 0 Å². The highest BCUT2D eigenvalue weighted by atomic mass is 16.2. The molecule has 1 saturated carbocycles. The summed E-state index contributed by atoms with van der Waals surface area (Å²) in [6.07, 6.45) is 3.76. The third kappa shape index (κ3) is 4.81. The Morgan fingerprint density at radius 1 is 1.33 bits per heavy atom. The van der Waals surface area contributed by atoms with Gasteiger partial charge in [-0.15, -0.1) is 0 Å². The average Bonchev–Trinajstić information content (AvgIpc) is 2.50. The van der Waals surface area contributed by atoms with Crippen LogP contribution in [0.3, 0.4) is 0 Å². The van der Waals surface area contributed by atoms with Crippen LogP contribution in [0.15, 0.2) is 0 Å². The van der Waals surface area contributed by atoms with Crippen LogP contribution in [0.1, 0.15) is 39.5 Å².